The van der Waals surface area contributed by atoms with E-state index in [4.69, 9.17) is 33.3 Å². The molecule has 0 saturated heterocycles. The number of ether oxygens (including phenoxy) is 2. The Hall–Kier alpha value is -1.98. The van der Waals surface area contributed by atoms with E-state index in [9.17, 15) is 0 Å². The molecule has 0 aromatic heterocycles. The Labute approximate surface area is 140 Å². The molecule has 0 aliphatic heterocycles. The maximum absolute atomic E-state index is 6.00. The number of thiocarbonyl (C=S) groups is 1. The molecule has 0 heterocycles. The fourth-order valence-electron chi connectivity index (χ4n) is 1.89. The first kappa shape index (κ1) is 16.4. The molecule has 2 rings (SSSR count). The lowest BCUT2D eigenvalue weighted by Gasteiger charge is -2.14. The number of methoxy groups -OCH3 is 2. The predicted molar refractivity (Wildman–Crippen MR) is 95.6 cm³/mol. The normalized spacial score (nSPS) is 10.0. The first-order chi connectivity index (χ1) is 10.5. The predicted octanol–water partition coefficient (Wildman–Crippen LogP) is 4.47. The zero-order valence-corrected chi connectivity index (χ0v) is 14.1. The van der Waals surface area contributed by atoms with Gasteiger partial charge in [-0.15, -0.1) is 0 Å². The summed E-state index contributed by atoms with van der Waals surface area (Å²) >= 11 is 11.3. The molecule has 2 aromatic rings. The van der Waals surface area contributed by atoms with Crippen molar-refractivity contribution < 1.29 is 9.47 Å². The minimum Gasteiger partial charge on any atom is -0.497 e. The summed E-state index contributed by atoms with van der Waals surface area (Å²) in [7, 11) is 3.20. The van der Waals surface area contributed by atoms with E-state index >= 15 is 0 Å². The van der Waals surface area contributed by atoms with Crippen molar-refractivity contribution in [3.8, 4) is 11.5 Å². The van der Waals surface area contributed by atoms with Crippen LogP contribution in [0.4, 0.5) is 11.4 Å². The summed E-state index contributed by atoms with van der Waals surface area (Å²) in [4.78, 5) is 0. The monoisotopic (exact) mass is 336 g/mol. The zero-order valence-electron chi connectivity index (χ0n) is 12.6. The summed E-state index contributed by atoms with van der Waals surface area (Å²) < 4.78 is 10.5. The molecule has 2 aromatic carbocycles. The molecule has 116 valence electrons. The topological polar surface area (TPSA) is 42.5 Å². The van der Waals surface area contributed by atoms with Gasteiger partial charge in [-0.2, -0.15) is 0 Å². The second kappa shape index (κ2) is 7.33. The van der Waals surface area contributed by atoms with Gasteiger partial charge in [0.15, 0.2) is 5.11 Å². The first-order valence-electron chi connectivity index (χ1n) is 6.59. The smallest absolute Gasteiger partial charge is 0.175 e. The molecular formula is C16H17ClN2O2S. The van der Waals surface area contributed by atoms with Gasteiger partial charge in [0.2, 0.25) is 0 Å². The molecule has 4 nitrogen and oxygen atoms in total. The third-order valence-corrected chi connectivity index (χ3v) is 3.50. The molecular weight excluding hydrogens is 320 g/mol. The minimum absolute atomic E-state index is 0.459. The standard InChI is InChI=1S/C16H17ClN2O2S/c1-10-4-5-11(17)6-15(10)19-16(22)18-12-7-13(20-2)9-14(8-12)21-3/h4-9H,1-3H3,(H2,18,19,22). The summed E-state index contributed by atoms with van der Waals surface area (Å²) in [6.07, 6.45) is 0. The highest BCUT2D eigenvalue weighted by atomic mass is 35.5. The molecule has 0 saturated carbocycles. The van der Waals surface area contributed by atoms with Crippen molar-refractivity contribution in [2.24, 2.45) is 0 Å². The van der Waals surface area contributed by atoms with Gasteiger partial charge in [-0.3, -0.25) is 0 Å². The minimum atomic E-state index is 0.459. The number of aryl methyl sites for hydroxylation is 1. The average molecular weight is 337 g/mol. The van der Waals surface area contributed by atoms with Crippen molar-refractivity contribution in [1.82, 2.24) is 0 Å². The van der Waals surface area contributed by atoms with Gasteiger partial charge in [0.25, 0.3) is 0 Å². The van der Waals surface area contributed by atoms with E-state index in [0.29, 0.717) is 21.6 Å². The average Bonchev–Trinajstić information content (AvgIpc) is 2.50. The lowest BCUT2D eigenvalue weighted by Crippen LogP contribution is -2.19. The first-order valence-corrected chi connectivity index (χ1v) is 7.37. The highest BCUT2D eigenvalue weighted by Gasteiger charge is 2.06. The van der Waals surface area contributed by atoms with Crippen molar-refractivity contribution in [3.05, 3.63) is 47.0 Å². The molecule has 0 amide bonds. The molecule has 0 atom stereocenters. The fraction of sp³-hybridized carbons (Fsp3) is 0.188. The lowest BCUT2D eigenvalue weighted by molar-refractivity contribution is 0.395. The van der Waals surface area contributed by atoms with Crippen LogP contribution >= 0.6 is 23.8 Å². The lowest BCUT2D eigenvalue weighted by atomic mass is 10.2. The van der Waals surface area contributed by atoms with Crippen molar-refractivity contribution >= 4 is 40.3 Å². The molecule has 0 radical (unpaired) electrons. The van der Waals surface area contributed by atoms with Crippen LogP contribution in [0.3, 0.4) is 0 Å². The maximum atomic E-state index is 6.00. The molecule has 0 fully saturated rings. The fourth-order valence-corrected chi connectivity index (χ4v) is 2.29. The van der Waals surface area contributed by atoms with Crippen LogP contribution in [0.1, 0.15) is 5.56 Å². The molecule has 0 aliphatic carbocycles. The largest absolute Gasteiger partial charge is 0.497 e. The maximum Gasteiger partial charge on any atom is 0.175 e. The van der Waals surface area contributed by atoms with E-state index in [1.54, 1.807) is 20.3 Å². The van der Waals surface area contributed by atoms with Crippen molar-refractivity contribution in [1.29, 1.82) is 0 Å². The second-order valence-electron chi connectivity index (χ2n) is 4.64. The third kappa shape index (κ3) is 4.26. The van der Waals surface area contributed by atoms with E-state index < -0.39 is 0 Å². The highest BCUT2D eigenvalue weighted by molar-refractivity contribution is 7.80. The van der Waals surface area contributed by atoms with Gasteiger partial charge >= 0.3 is 0 Å². The van der Waals surface area contributed by atoms with Crippen LogP contribution in [-0.2, 0) is 0 Å². The van der Waals surface area contributed by atoms with Gasteiger partial charge in [-0.05, 0) is 36.8 Å². The molecule has 0 unspecified atom stereocenters. The van der Waals surface area contributed by atoms with Crippen LogP contribution in [0.15, 0.2) is 36.4 Å². The number of hydrogen-bond acceptors (Lipinski definition) is 3. The summed E-state index contributed by atoms with van der Waals surface area (Å²) in [5.74, 6) is 1.37. The van der Waals surface area contributed by atoms with Gasteiger partial charge in [0.05, 0.1) is 14.2 Å². The summed E-state index contributed by atoms with van der Waals surface area (Å²) in [5, 5.41) is 7.34. The SMILES string of the molecule is COc1cc(NC(=S)Nc2cc(Cl)ccc2C)cc(OC)c1. The summed E-state index contributed by atoms with van der Waals surface area (Å²) in [6, 6.07) is 11.1. The van der Waals surface area contributed by atoms with Gasteiger partial charge < -0.3 is 20.1 Å². The number of nitrogens with one attached hydrogen (secondary N) is 2. The van der Waals surface area contributed by atoms with Crippen molar-refractivity contribution in [2.45, 2.75) is 6.92 Å². The zero-order chi connectivity index (χ0) is 16.1. The Morgan fingerprint density at radius 1 is 1.00 bits per heavy atom. The van der Waals surface area contributed by atoms with Gasteiger partial charge in [-0.25, -0.2) is 0 Å². The summed E-state index contributed by atoms with van der Waals surface area (Å²) in [6.45, 7) is 1.98. The summed E-state index contributed by atoms with van der Waals surface area (Å²) in [5.41, 5.74) is 2.69. The molecule has 0 spiro atoms. The molecule has 6 heteroatoms. The molecule has 0 bridgehead atoms. The van der Waals surface area contributed by atoms with Crippen LogP contribution in [-0.4, -0.2) is 19.3 Å². The van der Waals surface area contributed by atoms with Crippen LogP contribution in [0.5, 0.6) is 11.5 Å². The van der Waals surface area contributed by atoms with E-state index in [1.165, 1.54) is 0 Å². The second-order valence-corrected chi connectivity index (χ2v) is 5.48. The van der Waals surface area contributed by atoms with Crippen LogP contribution in [0, 0.1) is 6.92 Å². The van der Waals surface area contributed by atoms with Gasteiger partial charge in [0.1, 0.15) is 11.5 Å². The number of benzene rings is 2. The highest BCUT2D eigenvalue weighted by Crippen LogP contribution is 2.26. The molecule has 2 N–H and O–H groups in total. The van der Waals surface area contributed by atoms with E-state index in [0.717, 1.165) is 16.9 Å². The number of hydrogen-bond donors (Lipinski definition) is 2. The Kier molecular flexibility index (Phi) is 5.46. The number of rotatable bonds is 4. The number of halogens is 1. The van der Waals surface area contributed by atoms with Crippen LogP contribution < -0.4 is 20.1 Å². The third-order valence-electron chi connectivity index (χ3n) is 3.06. The Morgan fingerprint density at radius 3 is 2.23 bits per heavy atom. The van der Waals surface area contributed by atoms with Gasteiger partial charge in [-0.1, -0.05) is 17.7 Å². The van der Waals surface area contributed by atoms with Crippen LogP contribution in [0.2, 0.25) is 5.02 Å². The quantitative estimate of drug-likeness (QED) is 0.806. The van der Waals surface area contributed by atoms with E-state index in [2.05, 4.69) is 10.6 Å². The van der Waals surface area contributed by atoms with Crippen LogP contribution in [0.25, 0.3) is 0 Å². The Morgan fingerprint density at radius 2 is 1.64 bits per heavy atom. The van der Waals surface area contributed by atoms with Gasteiger partial charge in [0, 0.05) is 34.6 Å². The van der Waals surface area contributed by atoms with Crippen molar-refractivity contribution in [3.63, 3.8) is 0 Å². The Bertz CT molecular complexity index is 670. The van der Waals surface area contributed by atoms with E-state index in [-0.39, 0.29) is 0 Å². The van der Waals surface area contributed by atoms with E-state index in [1.807, 2.05) is 37.3 Å². The Balaban J connectivity index is 2.13. The molecule has 0 aliphatic rings. The molecule has 22 heavy (non-hydrogen) atoms. The van der Waals surface area contributed by atoms with Crippen molar-refractivity contribution in [2.75, 3.05) is 24.9 Å². The number of anilines is 2.